The molecule has 0 aliphatic heterocycles. The van der Waals surface area contributed by atoms with Crippen molar-refractivity contribution < 1.29 is 18.7 Å². The molecule has 0 saturated heterocycles. The number of hydrogen-bond acceptors (Lipinski definition) is 5. The third-order valence-corrected chi connectivity index (χ3v) is 3.62. The number of esters is 1. The van der Waals surface area contributed by atoms with Gasteiger partial charge in [0.25, 0.3) is 5.91 Å². The molecule has 2 aromatic carbocycles. The van der Waals surface area contributed by atoms with E-state index < -0.39 is 18.5 Å². The predicted molar refractivity (Wildman–Crippen MR) is 89.1 cm³/mol. The van der Waals surface area contributed by atoms with Gasteiger partial charge in [-0.25, -0.2) is 9.78 Å². The van der Waals surface area contributed by atoms with Gasteiger partial charge in [-0.1, -0.05) is 23.7 Å². The molecule has 0 radical (unpaired) electrons. The molecule has 0 fully saturated rings. The number of rotatable bonds is 4. The molecule has 6 nitrogen and oxygen atoms in total. The fourth-order valence-corrected chi connectivity index (χ4v) is 2.35. The topological polar surface area (TPSA) is 81.4 Å². The Morgan fingerprint density at radius 2 is 2.12 bits per heavy atom. The van der Waals surface area contributed by atoms with Gasteiger partial charge >= 0.3 is 5.97 Å². The highest BCUT2D eigenvalue weighted by atomic mass is 35.5. The molecular formula is C17H13ClN2O4. The molecule has 0 atom stereocenters. The van der Waals surface area contributed by atoms with Crippen molar-refractivity contribution >= 4 is 40.3 Å². The van der Waals surface area contributed by atoms with Crippen LogP contribution in [0.2, 0.25) is 5.02 Å². The van der Waals surface area contributed by atoms with Crippen molar-refractivity contribution in [3.05, 3.63) is 58.9 Å². The average molecular weight is 345 g/mol. The summed E-state index contributed by atoms with van der Waals surface area (Å²) in [6.07, 6.45) is 1.25. The van der Waals surface area contributed by atoms with E-state index in [-0.39, 0.29) is 5.56 Å². The second kappa shape index (κ2) is 6.72. The van der Waals surface area contributed by atoms with Crippen LogP contribution in [0.1, 0.15) is 15.9 Å². The summed E-state index contributed by atoms with van der Waals surface area (Å²) in [5.74, 6) is -1.10. The number of amides is 1. The summed E-state index contributed by atoms with van der Waals surface area (Å²) >= 11 is 5.90. The third kappa shape index (κ3) is 3.38. The Kier molecular flexibility index (Phi) is 4.48. The van der Waals surface area contributed by atoms with Gasteiger partial charge in [0.05, 0.1) is 5.56 Å². The molecule has 0 saturated carbocycles. The Balaban J connectivity index is 1.65. The van der Waals surface area contributed by atoms with Gasteiger partial charge in [0, 0.05) is 10.7 Å². The van der Waals surface area contributed by atoms with Gasteiger partial charge in [-0.3, -0.25) is 4.79 Å². The molecule has 0 unspecified atom stereocenters. The average Bonchev–Trinajstić information content (AvgIpc) is 3.04. The number of fused-ring (bicyclic) bond motifs is 1. The first-order valence-corrected chi connectivity index (χ1v) is 7.48. The van der Waals surface area contributed by atoms with E-state index in [0.717, 1.165) is 5.56 Å². The van der Waals surface area contributed by atoms with Crippen LogP contribution in [0, 0.1) is 6.92 Å². The van der Waals surface area contributed by atoms with Crippen molar-refractivity contribution in [2.75, 3.05) is 11.9 Å². The lowest BCUT2D eigenvalue weighted by molar-refractivity contribution is -0.119. The maximum Gasteiger partial charge on any atom is 0.340 e. The number of carbonyl (C=O) groups excluding carboxylic acids is 2. The first-order valence-electron chi connectivity index (χ1n) is 7.10. The van der Waals surface area contributed by atoms with E-state index in [1.807, 2.05) is 6.92 Å². The van der Waals surface area contributed by atoms with Gasteiger partial charge in [-0.05, 0) is 36.8 Å². The Bertz CT molecular complexity index is 920. The van der Waals surface area contributed by atoms with Crippen LogP contribution in [-0.4, -0.2) is 23.5 Å². The predicted octanol–water partition coefficient (Wildman–Crippen LogP) is 3.59. The molecule has 1 aromatic heterocycles. The summed E-state index contributed by atoms with van der Waals surface area (Å²) in [5, 5.41) is 3.16. The van der Waals surface area contributed by atoms with Crippen molar-refractivity contribution in [3.8, 4) is 0 Å². The summed E-state index contributed by atoms with van der Waals surface area (Å²) in [6.45, 7) is 1.42. The number of nitrogens with zero attached hydrogens (tertiary/aromatic N) is 1. The molecule has 122 valence electrons. The van der Waals surface area contributed by atoms with Crippen LogP contribution in [0.5, 0.6) is 0 Å². The zero-order valence-electron chi connectivity index (χ0n) is 12.7. The molecule has 0 spiro atoms. The lowest BCUT2D eigenvalue weighted by atomic mass is 10.2. The minimum Gasteiger partial charge on any atom is -0.452 e. The third-order valence-electron chi connectivity index (χ3n) is 3.39. The van der Waals surface area contributed by atoms with Crippen LogP contribution in [0.15, 0.2) is 47.2 Å². The molecule has 0 bridgehead atoms. The Morgan fingerprint density at radius 1 is 1.29 bits per heavy atom. The monoisotopic (exact) mass is 344 g/mol. The zero-order valence-corrected chi connectivity index (χ0v) is 13.5. The van der Waals surface area contributed by atoms with Gasteiger partial charge in [0.2, 0.25) is 0 Å². The largest absolute Gasteiger partial charge is 0.452 e. The summed E-state index contributed by atoms with van der Waals surface area (Å²) in [5.41, 5.74) is 2.54. The van der Waals surface area contributed by atoms with Crippen molar-refractivity contribution in [2.45, 2.75) is 6.92 Å². The fraction of sp³-hybridized carbons (Fsp3) is 0.118. The van der Waals surface area contributed by atoms with Crippen LogP contribution in [0.3, 0.4) is 0 Å². The zero-order chi connectivity index (χ0) is 17.1. The Hall–Kier alpha value is -2.86. The van der Waals surface area contributed by atoms with E-state index in [4.69, 9.17) is 20.8 Å². The molecule has 0 aliphatic carbocycles. The standard InChI is InChI=1S/C17H13ClN2O4/c1-10-5-6-11(18)7-13(10)20-15(21)8-23-17(22)12-3-2-4-14-16(12)19-9-24-14/h2-7,9H,8H2,1H3,(H,20,21). The number of nitrogens with one attached hydrogen (secondary N) is 1. The highest BCUT2D eigenvalue weighted by Crippen LogP contribution is 2.20. The highest BCUT2D eigenvalue weighted by molar-refractivity contribution is 6.31. The minimum absolute atomic E-state index is 0.244. The van der Waals surface area contributed by atoms with E-state index in [2.05, 4.69) is 10.3 Å². The fourth-order valence-electron chi connectivity index (χ4n) is 2.18. The second-order valence-electron chi connectivity index (χ2n) is 5.09. The van der Waals surface area contributed by atoms with Crippen molar-refractivity contribution in [2.24, 2.45) is 0 Å². The van der Waals surface area contributed by atoms with Crippen molar-refractivity contribution in [1.29, 1.82) is 0 Å². The number of para-hydroxylation sites is 1. The van der Waals surface area contributed by atoms with Crippen molar-refractivity contribution in [1.82, 2.24) is 4.98 Å². The molecule has 0 aliphatic rings. The molecule has 1 N–H and O–H groups in total. The van der Waals surface area contributed by atoms with E-state index in [9.17, 15) is 9.59 Å². The van der Waals surface area contributed by atoms with Gasteiger partial charge in [-0.15, -0.1) is 0 Å². The molecule has 3 rings (SSSR count). The van der Waals surface area contributed by atoms with Gasteiger partial charge in [-0.2, -0.15) is 0 Å². The highest BCUT2D eigenvalue weighted by Gasteiger charge is 2.16. The number of halogens is 1. The summed E-state index contributed by atoms with van der Waals surface area (Å²) < 4.78 is 10.2. The van der Waals surface area contributed by atoms with E-state index in [1.165, 1.54) is 6.39 Å². The molecule has 24 heavy (non-hydrogen) atoms. The summed E-state index contributed by atoms with van der Waals surface area (Å²) in [6, 6.07) is 10.0. The molecule has 3 aromatic rings. The number of benzene rings is 2. The first-order chi connectivity index (χ1) is 11.5. The number of aryl methyl sites for hydroxylation is 1. The SMILES string of the molecule is Cc1ccc(Cl)cc1NC(=O)COC(=O)c1cccc2ocnc12. The lowest BCUT2D eigenvalue weighted by Crippen LogP contribution is -2.21. The smallest absolute Gasteiger partial charge is 0.340 e. The number of carbonyl (C=O) groups is 2. The van der Waals surface area contributed by atoms with Gasteiger partial charge in [0.1, 0.15) is 5.52 Å². The Labute approximate surface area is 142 Å². The van der Waals surface area contributed by atoms with E-state index in [0.29, 0.717) is 21.8 Å². The van der Waals surface area contributed by atoms with Gasteiger partial charge in [0.15, 0.2) is 18.6 Å². The maximum atomic E-state index is 12.1. The Morgan fingerprint density at radius 3 is 2.96 bits per heavy atom. The number of ether oxygens (including phenoxy) is 1. The van der Waals surface area contributed by atoms with Crippen LogP contribution < -0.4 is 5.32 Å². The summed E-state index contributed by atoms with van der Waals surface area (Å²) in [7, 11) is 0. The van der Waals surface area contributed by atoms with E-state index >= 15 is 0 Å². The van der Waals surface area contributed by atoms with Crippen LogP contribution in [-0.2, 0) is 9.53 Å². The van der Waals surface area contributed by atoms with Crippen LogP contribution in [0.25, 0.3) is 11.1 Å². The minimum atomic E-state index is -0.646. The normalized spacial score (nSPS) is 10.6. The molecule has 1 amide bonds. The second-order valence-corrected chi connectivity index (χ2v) is 5.52. The maximum absolute atomic E-state index is 12.1. The summed E-state index contributed by atoms with van der Waals surface area (Å²) in [4.78, 5) is 28.1. The molecule has 1 heterocycles. The first kappa shape index (κ1) is 16.0. The number of oxazole rings is 1. The number of aromatic nitrogens is 1. The molecular weight excluding hydrogens is 332 g/mol. The number of anilines is 1. The van der Waals surface area contributed by atoms with E-state index in [1.54, 1.807) is 36.4 Å². The van der Waals surface area contributed by atoms with Crippen LogP contribution >= 0.6 is 11.6 Å². The van der Waals surface area contributed by atoms with Crippen LogP contribution in [0.4, 0.5) is 5.69 Å². The molecule has 7 heteroatoms. The quantitative estimate of drug-likeness (QED) is 0.731. The van der Waals surface area contributed by atoms with Gasteiger partial charge < -0.3 is 14.5 Å². The number of hydrogen-bond donors (Lipinski definition) is 1. The van der Waals surface area contributed by atoms with Crippen molar-refractivity contribution in [3.63, 3.8) is 0 Å². The lowest BCUT2D eigenvalue weighted by Gasteiger charge is -2.09.